The van der Waals surface area contributed by atoms with Gasteiger partial charge in [0.05, 0.1) is 17.7 Å². The van der Waals surface area contributed by atoms with Gasteiger partial charge >= 0.3 is 0 Å². The van der Waals surface area contributed by atoms with Crippen molar-refractivity contribution in [1.29, 1.82) is 0 Å². The first-order valence-electron chi connectivity index (χ1n) is 6.91. The number of ether oxygens (including phenoxy) is 1. The molecule has 0 saturated heterocycles. The van der Waals surface area contributed by atoms with E-state index in [-0.39, 0.29) is 5.56 Å². The van der Waals surface area contributed by atoms with Crippen LogP contribution in [0.1, 0.15) is 38.8 Å². The third kappa shape index (κ3) is 2.95. The molecule has 0 amide bonds. The Labute approximate surface area is 112 Å². The standard InChI is InChI=1S/C15H20N2O2/c1-3-5-8-12-11-7-6-9-13(19-10-4-2)14(11)15(18)17-16-12/h6-7,9H,3-5,8,10H2,1-2H3,(H,17,18). The molecular weight excluding hydrogens is 240 g/mol. The Kier molecular flexibility index (Phi) is 4.55. The summed E-state index contributed by atoms with van der Waals surface area (Å²) in [5, 5.41) is 8.29. The molecule has 0 atom stereocenters. The highest BCUT2D eigenvalue weighted by molar-refractivity contribution is 5.89. The van der Waals surface area contributed by atoms with Gasteiger partial charge in [0.1, 0.15) is 5.75 Å². The van der Waals surface area contributed by atoms with Gasteiger partial charge in [-0.1, -0.05) is 32.4 Å². The maximum Gasteiger partial charge on any atom is 0.275 e. The van der Waals surface area contributed by atoms with Crippen molar-refractivity contribution in [3.63, 3.8) is 0 Å². The normalized spacial score (nSPS) is 10.8. The SMILES string of the molecule is CCCCc1n[nH]c(=O)c2c(OCCC)cccc12. The molecule has 0 saturated carbocycles. The van der Waals surface area contributed by atoms with Gasteiger partial charge in [0, 0.05) is 5.39 Å². The zero-order valence-electron chi connectivity index (χ0n) is 11.5. The zero-order valence-corrected chi connectivity index (χ0v) is 11.5. The first-order chi connectivity index (χ1) is 9.27. The third-order valence-corrected chi connectivity index (χ3v) is 3.09. The predicted molar refractivity (Wildman–Crippen MR) is 76.8 cm³/mol. The Hall–Kier alpha value is -1.84. The van der Waals surface area contributed by atoms with Crippen molar-refractivity contribution in [1.82, 2.24) is 10.2 Å². The molecule has 0 aliphatic rings. The molecule has 0 fully saturated rings. The van der Waals surface area contributed by atoms with Crippen LogP contribution in [0.3, 0.4) is 0 Å². The maximum atomic E-state index is 12.0. The smallest absolute Gasteiger partial charge is 0.275 e. The number of unbranched alkanes of at least 4 members (excludes halogenated alkanes) is 1. The number of aromatic nitrogens is 2. The van der Waals surface area contributed by atoms with E-state index in [0.29, 0.717) is 17.7 Å². The first-order valence-corrected chi connectivity index (χ1v) is 6.91. The minimum absolute atomic E-state index is 0.179. The van der Waals surface area contributed by atoms with Gasteiger partial charge in [0.15, 0.2) is 0 Å². The Bertz CT molecular complexity index is 605. The molecule has 19 heavy (non-hydrogen) atoms. The fourth-order valence-electron chi connectivity index (χ4n) is 2.11. The van der Waals surface area contributed by atoms with Crippen molar-refractivity contribution in [2.24, 2.45) is 0 Å². The zero-order chi connectivity index (χ0) is 13.7. The number of aromatic amines is 1. The van der Waals surface area contributed by atoms with Crippen LogP contribution in [0.5, 0.6) is 5.75 Å². The van der Waals surface area contributed by atoms with Gasteiger partial charge in [0.2, 0.25) is 0 Å². The summed E-state index contributed by atoms with van der Waals surface area (Å²) in [7, 11) is 0. The average Bonchev–Trinajstić information content (AvgIpc) is 2.44. The van der Waals surface area contributed by atoms with E-state index in [1.54, 1.807) is 0 Å². The number of hydrogen-bond donors (Lipinski definition) is 1. The molecule has 2 aromatic rings. The Morgan fingerprint density at radius 2 is 2.11 bits per heavy atom. The van der Waals surface area contributed by atoms with Gasteiger partial charge in [-0.25, -0.2) is 5.10 Å². The molecule has 0 aliphatic carbocycles. The number of benzene rings is 1. The predicted octanol–water partition coefficient (Wildman–Crippen LogP) is 3.05. The number of aryl methyl sites for hydroxylation is 1. The second-order valence-electron chi connectivity index (χ2n) is 4.63. The van der Waals surface area contributed by atoms with E-state index in [1.165, 1.54) is 0 Å². The number of hydrogen-bond acceptors (Lipinski definition) is 3. The van der Waals surface area contributed by atoms with E-state index in [2.05, 4.69) is 17.1 Å². The van der Waals surface area contributed by atoms with Gasteiger partial charge in [-0.3, -0.25) is 4.79 Å². The van der Waals surface area contributed by atoms with Gasteiger partial charge in [-0.05, 0) is 25.3 Å². The summed E-state index contributed by atoms with van der Waals surface area (Å²) in [6.07, 6.45) is 3.96. The lowest BCUT2D eigenvalue weighted by molar-refractivity contribution is 0.321. The summed E-state index contributed by atoms with van der Waals surface area (Å²) < 4.78 is 5.66. The second-order valence-corrected chi connectivity index (χ2v) is 4.63. The molecular formula is C15H20N2O2. The quantitative estimate of drug-likeness (QED) is 0.868. The van der Waals surface area contributed by atoms with Gasteiger partial charge in [0.25, 0.3) is 5.56 Å². The van der Waals surface area contributed by atoms with E-state index in [4.69, 9.17) is 4.74 Å². The molecule has 0 unspecified atom stereocenters. The van der Waals surface area contributed by atoms with Crippen molar-refractivity contribution >= 4 is 10.8 Å². The van der Waals surface area contributed by atoms with Crippen LogP contribution in [0.4, 0.5) is 0 Å². The van der Waals surface area contributed by atoms with Gasteiger partial charge < -0.3 is 4.74 Å². The molecule has 102 valence electrons. The summed E-state index contributed by atoms with van der Waals surface area (Å²) in [5.41, 5.74) is 0.764. The number of fused-ring (bicyclic) bond motifs is 1. The topological polar surface area (TPSA) is 55.0 Å². The van der Waals surface area contributed by atoms with E-state index < -0.39 is 0 Å². The number of nitrogens with zero attached hydrogens (tertiary/aromatic N) is 1. The van der Waals surface area contributed by atoms with Crippen molar-refractivity contribution in [2.45, 2.75) is 39.5 Å². The van der Waals surface area contributed by atoms with Crippen LogP contribution in [0.2, 0.25) is 0 Å². The molecule has 0 aliphatic heterocycles. The molecule has 0 spiro atoms. The second kappa shape index (κ2) is 6.36. The van der Waals surface area contributed by atoms with E-state index in [1.807, 2.05) is 25.1 Å². The summed E-state index contributed by atoms with van der Waals surface area (Å²) in [5.74, 6) is 0.653. The van der Waals surface area contributed by atoms with Crippen LogP contribution in [-0.4, -0.2) is 16.8 Å². The highest BCUT2D eigenvalue weighted by Gasteiger charge is 2.10. The van der Waals surface area contributed by atoms with Crippen LogP contribution < -0.4 is 10.3 Å². The summed E-state index contributed by atoms with van der Waals surface area (Å²) in [6.45, 7) is 4.80. The Morgan fingerprint density at radius 1 is 1.26 bits per heavy atom. The third-order valence-electron chi connectivity index (χ3n) is 3.09. The Balaban J connectivity index is 2.51. The summed E-state index contributed by atoms with van der Waals surface area (Å²) in [6, 6.07) is 5.71. The lowest BCUT2D eigenvalue weighted by atomic mass is 10.1. The average molecular weight is 260 g/mol. The Morgan fingerprint density at radius 3 is 2.84 bits per heavy atom. The fourth-order valence-corrected chi connectivity index (χ4v) is 2.11. The molecule has 4 heteroatoms. The molecule has 0 radical (unpaired) electrons. The number of H-pyrrole nitrogens is 1. The van der Waals surface area contributed by atoms with E-state index in [0.717, 1.165) is 36.8 Å². The number of nitrogens with one attached hydrogen (secondary N) is 1. The van der Waals surface area contributed by atoms with Crippen LogP contribution >= 0.6 is 0 Å². The van der Waals surface area contributed by atoms with Crippen LogP contribution in [0.25, 0.3) is 10.8 Å². The van der Waals surface area contributed by atoms with Crippen molar-refractivity contribution in [3.05, 3.63) is 34.2 Å². The molecule has 2 rings (SSSR count). The minimum atomic E-state index is -0.179. The molecule has 1 aromatic heterocycles. The number of rotatable bonds is 6. The van der Waals surface area contributed by atoms with E-state index >= 15 is 0 Å². The molecule has 1 N–H and O–H groups in total. The highest BCUT2D eigenvalue weighted by Crippen LogP contribution is 2.24. The van der Waals surface area contributed by atoms with Gasteiger partial charge in [-0.2, -0.15) is 5.10 Å². The summed E-state index contributed by atoms with van der Waals surface area (Å²) >= 11 is 0. The molecule has 4 nitrogen and oxygen atoms in total. The highest BCUT2D eigenvalue weighted by atomic mass is 16.5. The van der Waals surface area contributed by atoms with Crippen LogP contribution in [0, 0.1) is 0 Å². The largest absolute Gasteiger partial charge is 0.493 e. The van der Waals surface area contributed by atoms with Crippen molar-refractivity contribution in [3.8, 4) is 5.75 Å². The van der Waals surface area contributed by atoms with Gasteiger partial charge in [-0.15, -0.1) is 0 Å². The molecule has 1 aromatic carbocycles. The van der Waals surface area contributed by atoms with E-state index in [9.17, 15) is 4.79 Å². The molecule has 1 heterocycles. The van der Waals surface area contributed by atoms with Crippen molar-refractivity contribution in [2.75, 3.05) is 6.61 Å². The minimum Gasteiger partial charge on any atom is -0.493 e. The molecule has 0 bridgehead atoms. The van der Waals surface area contributed by atoms with Crippen molar-refractivity contribution < 1.29 is 4.74 Å². The fraction of sp³-hybridized carbons (Fsp3) is 0.467. The monoisotopic (exact) mass is 260 g/mol. The maximum absolute atomic E-state index is 12.0. The van der Waals surface area contributed by atoms with Crippen LogP contribution in [0.15, 0.2) is 23.0 Å². The summed E-state index contributed by atoms with van der Waals surface area (Å²) in [4.78, 5) is 12.0. The first kappa shape index (κ1) is 13.6. The lowest BCUT2D eigenvalue weighted by Crippen LogP contribution is -2.13. The lowest BCUT2D eigenvalue weighted by Gasteiger charge is -2.09. The van der Waals surface area contributed by atoms with Crippen LogP contribution in [-0.2, 0) is 6.42 Å².